The summed E-state index contributed by atoms with van der Waals surface area (Å²) in [5.74, 6) is 0. The van der Waals surface area contributed by atoms with Gasteiger partial charge in [0.15, 0.2) is 0 Å². The van der Waals surface area contributed by atoms with E-state index in [1.807, 2.05) is 36.4 Å². The number of nitrogens with one attached hydrogen (secondary N) is 2. The number of benzene rings is 2. The van der Waals surface area contributed by atoms with E-state index in [0.29, 0.717) is 0 Å². The first-order valence-corrected chi connectivity index (χ1v) is 7.75. The molecule has 3 rings (SSSR count). The highest BCUT2D eigenvalue weighted by molar-refractivity contribution is 5.47. The quantitative estimate of drug-likeness (QED) is 0.772. The zero-order valence-electron chi connectivity index (χ0n) is 12.8. The largest absolute Gasteiger partial charge is 0.353 e. The first-order chi connectivity index (χ1) is 11.3. The Bertz CT molecular complexity index is 656. The van der Waals surface area contributed by atoms with E-state index in [-0.39, 0.29) is 12.1 Å². The molecule has 2 unspecified atom stereocenters. The average molecular weight is 308 g/mol. The van der Waals surface area contributed by atoms with Gasteiger partial charge in [0.2, 0.25) is 6.41 Å². The summed E-state index contributed by atoms with van der Waals surface area (Å²) in [6.07, 6.45) is 4.12. The summed E-state index contributed by atoms with van der Waals surface area (Å²) >= 11 is 0. The molecule has 0 aliphatic carbocycles. The molecule has 2 aromatic carbocycles. The fourth-order valence-corrected chi connectivity index (χ4v) is 2.74. The molecular weight excluding hydrogens is 288 g/mol. The maximum absolute atomic E-state index is 10.9. The van der Waals surface area contributed by atoms with Crippen LogP contribution in [0.2, 0.25) is 0 Å². The van der Waals surface area contributed by atoms with Gasteiger partial charge in [0.1, 0.15) is 6.10 Å². The molecule has 23 heavy (non-hydrogen) atoms. The van der Waals surface area contributed by atoms with E-state index in [0.717, 1.165) is 24.9 Å². The van der Waals surface area contributed by atoms with Gasteiger partial charge >= 0.3 is 0 Å². The number of carbonyl (C=O) groups is 1. The maximum Gasteiger partial charge on any atom is 0.207 e. The van der Waals surface area contributed by atoms with Crippen molar-refractivity contribution in [2.24, 2.45) is 0 Å². The number of hydrogen-bond donors (Lipinski definition) is 2. The number of carbonyl (C=O) groups excluding carboxylic acids is 1. The summed E-state index contributed by atoms with van der Waals surface area (Å²) in [4.78, 5) is 16.6. The van der Waals surface area contributed by atoms with Crippen LogP contribution in [0.3, 0.4) is 0 Å². The monoisotopic (exact) mass is 308 g/mol. The molecule has 4 nitrogen and oxygen atoms in total. The Kier molecular flexibility index (Phi) is 5.06. The second-order valence-corrected chi connectivity index (χ2v) is 5.62. The molecule has 0 aromatic heterocycles. The standard InChI is InChI=1S/C19H20N2O2/c22-14-20-18(12-16-9-5-2-6-10-16)19-13-17(21-23-19)11-15-7-3-1-4-8-15/h1-10,13-14,18-19,21H,11-12H2,(H,20,22). The molecule has 1 amide bonds. The molecule has 2 N–H and O–H groups in total. The van der Waals surface area contributed by atoms with E-state index in [1.165, 1.54) is 11.1 Å². The second kappa shape index (κ2) is 7.61. The van der Waals surface area contributed by atoms with Crippen molar-refractivity contribution in [2.45, 2.75) is 25.0 Å². The van der Waals surface area contributed by atoms with Crippen LogP contribution in [-0.2, 0) is 22.5 Å². The number of hydroxylamine groups is 1. The van der Waals surface area contributed by atoms with E-state index >= 15 is 0 Å². The van der Waals surface area contributed by atoms with Crippen molar-refractivity contribution < 1.29 is 9.63 Å². The molecule has 118 valence electrons. The van der Waals surface area contributed by atoms with Gasteiger partial charge in [-0.2, -0.15) is 0 Å². The lowest BCUT2D eigenvalue weighted by molar-refractivity contribution is -0.111. The molecule has 2 aromatic rings. The number of hydrogen-bond acceptors (Lipinski definition) is 3. The minimum absolute atomic E-state index is 0.101. The van der Waals surface area contributed by atoms with Gasteiger partial charge in [-0.15, -0.1) is 0 Å². The summed E-state index contributed by atoms with van der Waals surface area (Å²) in [5, 5.41) is 2.87. The van der Waals surface area contributed by atoms with Crippen molar-refractivity contribution in [1.29, 1.82) is 0 Å². The summed E-state index contributed by atoms with van der Waals surface area (Å²) in [6.45, 7) is 0. The predicted octanol–water partition coefficient (Wildman–Crippen LogP) is 2.37. The molecule has 0 radical (unpaired) electrons. The Hall–Kier alpha value is -2.59. The Morgan fingerprint density at radius 1 is 1.04 bits per heavy atom. The molecule has 2 atom stereocenters. The molecule has 1 aliphatic rings. The predicted molar refractivity (Wildman–Crippen MR) is 89.4 cm³/mol. The molecule has 0 saturated carbocycles. The lowest BCUT2D eigenvalue weighted by Crippen LogP contribution is -2.41. The lowest BCUT2D eigenvalue weighted by atomic mass is 10.00. The average Bonchev–Trinajstić information content (AvgIpc) is 3.05. The Morgan fingerprint density at radius 2 is 1.70 bits per heavy atom. The van der Waals surface area contributed by atoms with Gasteiger partial charge in [-0.1, -0.05) is 60.7 Å². The highest BCUT2D eigenvalue weighted by Gasteiger charge is 2.26. The van der Waals surface area contributed by atoms with E-state index < -0.39 is 0 Å². The summed E-state index contributed by atoms with van der Waals surface area (Å²) < 4.78 is 0. The van der Waals surface area contributed by atoms with E-state index in [4.69, 9.17) is 4.84 Å². The van der Waals surface area contributed by atoms with Crippen LogP contribution >= 0.6 is 0 Å². The first kappa shape index (κ1) is 15.3. The number of amides is 1. The van der Waals surface area contributed by atoms with Crippen LogP contribution in [0, 0.1) is 0 Å². The van der Waals surface area contributed by atoms with Gasteiger partial charge in [-0.3, -0.25) is 15.1 Å². The minimum atomic E-state index is -0.181. The fraction of sp³-hybridized carbons (Fsp3) is 0.211. The van der Waals surface area contributed by atoms with E-state index in [9.17, 15) is 4.79 Å². The third-order valence-corrected chi connectivity index (χ3v) is 3.91. The van der Waals surface area contributed by atoms with Crippen LogP contribution in [0.1, 0.15) is 11.1 Å². The smallest absolute Gasteiger partial charge is 0.207 e. The van der Waals surface area contributed by atoms with Crippen LogP contribution in [0.5, 0.6) is 0 Å². The Balaban J connectivity index is 1.67. The lowest BCUT2D eigenvalue weighted by Gasteiger charge is -2.20. The summed E-state index contributed by atoms with van der Waals surface area (Å²) in [5.41, 5.74) is 6.39. The number of allylic oxidation sites excluding steroid dienone is 1. The highest BCUT2D eigenvalue weighted by Crippen LogP contribution is 2.17. The van der Waals surface area contributed by atoms with Crippen molar-refractivity contribution >= 4 is 6.41 Å². The van der Waals surface area contributed by atoms with E-state index in [2.05, 4.69) is 41.1 Å². The first-order valence-electron chi connectivity index (χ1n) is 7.75. The molecule has 0 saturated heterocycles. The van der Waals surface area contributed by atoms with Crippen molar-refractivity contribution in [3.63, 3.8) is 0 Å². The molecule has 4 heteroatoms. The Morgan fingerprint density at radius 3 is 2.35 bits per heavy atom. The molecule has 0 spiro atoms. The van der Waals surface area contributed by atoms with Gasteiger partial charge in [0, 0.05) is 12.1 Å². The number of rotatable bonds is 7. The van der Waals surface area contributed by atoms with Crippen LogP contribution in [0.15, 0.2) is 72.4 Å². The highest BCUT2D eigenvalue weighted by atomic mass is 16.7. The molecule has 1 heterocycles. The zero-order valence-corrected chi connectivity index (χ0v) is 12.8. The van der Waals surface area contributed by atoms with Crippen LogP contribution in [0.25, 0.3) is 0 Å². The van der Waals surface area contributed by atoms with Crippen LogP contribution < -0.4 is 10.8 Å². The van der Waals surface area contributed by atoms with Gasteiger partial charge in [-0.05, 0) is 23.6 Å². The summed E-state index contributed by atoms with van der Waals surface area (Å²) in [7, 11) is 0. The summed E-state index contributed by atoms with van der Waals surface area (Å²) in [6, 6.07) is 20.2. The topological polar surface area (TPSA) is 50.4 Å². The second-order valence-electron chi connectivity index (χ2n) is 5.62. The third kappa shape index (κ3) is 4.20. The molecule has 0 bridgehead atoms. The Labute approximate surface area is 136 Å². The van der Waals surface area contributed by atoms with Crippen LogP contribution in [0.4, 0.5) is 0 Å². The van der Waals surface area contributed by atoms with Crippen molar-refractivity contribution in [3.05, 3.63) is 83.6 Å². The van der Waals surface area contributed by atoms with Crippen molar-refractivity contribution in [3.8, 4) is 0 Å². The fourth-order valence-electron chi connectivity index (χ4n) is 2.74. The van der Waals surface area contributed by atoms with Gasteiger partial charge in [-0.25, -0.2) is 0 Å². The maximum atomic E-state index is 10.9. The van der Waals surface area contributed by atoms with Gasteiger partial charge in [0.25, 0.3) is 0 Å². The van der Waals surface area contributed by atoms with Gasteiger partial charge in [0.05, 0.1) is 6.04 Å². The van der Waals surface area contributed by atoms with Crippen molar-refractivity contribution in [1.82, 2.24) is 10.8 Å². The van der Waals surface area contributed by atoms with Crippen LogP contribution in [-0.4, -0.2) is 18.6 Å². The van der Waals surface area contributed by atoms with E-state index in [1.54, 1.807) is 0 Å². The third-order valence-electron chi connectivity index (χ3n) is 3.91. The molecular formula is C19H20N2O2. The SMILES string of the molecule is O=CNC(Cc1ccccc1)C1C=C(Cc2ccccc2)NO1. The van der Waals surface area contributed by atoms with Gasteiger partial charge < -0.3 is 5.32 Å². The molecule has 1 aliphatic heterocycles. The minimum Gasteiger partial charge on any atom is -0.353 e. The normalized spacial score (nSPS) is 17.9. The van der Waals surface area contributed by atoms with Crippen molar-refractivity contribution in [2.75, 3.05) is 0 Å². The zero-order chi connectivity index (χ0) is 15.9. The molecule has 0 fully saturated rings.